The van der Waals surface area contributed by atoms with Crippen LogP contribution in [0.1, 0.15) is 72.6 Å². The van der Waals surface area contributed by atoms with Gasteiger partial charge < -0.3 is 10.2 Å². The molecule has 4 atom stereocenters. The summed E-state index contributed by atoms with van der Waals surface area (Å²) >= 11 is 0. The molecule has 0 spiro atoms. The van der Waals surface area contributed by atoms with Crippen molar-refractivity contribution in [3.05, 3.63) is 0 Å². The lowest BCUT2D eigenvalue weighted by molar-refractivity contribution is 0.0581. The zero-order valence-corrected chi connectivity index (χ0v) is 14.8. The van der Waals surface area contributed by atoms with Crippen molar-refractivity contribution < 1.29 is 0 Å². The molecule has 0 aromatic carbocycles. The predicted molar refractivity (Wildman–Crippen MR) is 90.2 cm³/mol. The van der Waals surface area contributed by atoms with Crippen molar-refractivity contribution in [1.82, 2.24) is 10.2 Å². The van der Waals surface area contributed by atoms with E-state index < -0.39 is 0 Å². The number of likely N-dealkylation sites (N-methyl/N-ethyl adjacent to an activating group) is 1. The molecule has 0 aliphatic heterocycles. The summed E-state index contributed by atoms with van der Waals surface area (Å²) in [5.41, 5.74) is 0.273. The topological polar surface area (TPSA) is 15.3 Å². The SMILES string of the molecule is CCCNC(C1CCCC(CC)C1)C(C)(CC)N(C)C. The molecule has 20 heavy (non-hydrogen) atoms. The molecule has 1 rings (SSSR count). The van der Waals surface area contributed by atoms with Crippen molar-refractivity contribution in [2.75, 3.05) is 20.6 Å². The van der Waals surface area contributed by atoms with Gasteiger partial charge in [0.15, 0.2) is 0 Å². The van der Waals surface area contributed by atoms with E-state index in [2.05, 4.69) is 52.0 Å². The monoisotopic (exact) mass is 282 g/mol. The molecule has 1 aliphatic rings. The van der Waals surface area contributed by atoms with Gasteiger partial charge in [-0.3, -0.25) is 0 Å². The number of hydrogen-bond donors (Lipinski definition) is 1. The molecule has 0 aromatic rings. The van der Waals surface area contributed by atoms with Crippen molar-refractivity contribution in [2.45, 2.75) is 84.2 Å². The number of nitrogens with zero attached hydrogens (tertiary/aromatic N) is 1. The van der Waals surface area contributed by atoms with E-state index in [1.54, 1.807) is 0 Å². The second-order valence-corrected chi connectivity index (χ2v) is 7.24. The molecule has 0 saturated heterocycles. The minimum absolute atomic E-state index is 0.273. The first-order valence-electron chi connectivity index (χ1n) is 8.90. The van der Waals surface area contributed by atoms with Crippen LogP contribution in [0.3, 0.4) is 0 Å². The first kappa shape index (κ1) is 18.0. The Labute approximate surface area is 127 Å². The van der Waals surface area contributed by atoms with Crippen LogP contribution in [0.2, 0.25) is 0 Å². The molecule has 2 nitrogen and oxygen atoms in total. The van der Waals surface area contributed by atoms with E-state index in [1.165, 1.54) is 44.9 Å². The van der Waals surface area contributed by atoms with Gasteiger partial charge in [0, 0.05) is 11.6 Å². The molecular formula is C18H38N2. The third kappa shape index (κ3) is 4.21. The Bertz CT molecular complexity index is 264. The molecule has 2 heteroatoms. The zero-order valence-electron chi connectivity index (χ0n) is 14.8. The van der Waals surface area contributed by atoms with Gasteiger partial charge in [0.1, 0.15) is 0 Å². The van der Waals surface area contributed by atoms with Crippen LogP contribution in [-0.4, -0.2) is 37.1 Å². The summed E-state index contributed by atoms with van der Waals surface area (Å²) in [6.45, 7) is 10.6. The highest BCUT2D eigenvalue weighted by Crippen LogP contribution is 2.38. The highest BCUT2D eigenvalue weighted by molar-refractivity contribution is 4.99. The quantitative estimate of drug-likeness (QED) is 0.714. The van der Waals surface area contributed by atoms with Crippen LogP contribution in [0.25, 0.3) is 0 Å². The lowest BCUT2D eigenvalue weighted by Gasteiger charge is -2.48. The number of nitrogens with one attached hydrogen (secondary N) is 1. The maximum Gasteiger partial charge on any atom is 0.0328 e. The molecule has 0 radical (unpaired) electrons. The Kier molecular flexibility index (Phi) is 7.53. The van der Waals surface area contributed by atoms with Crippen molar-refractivity contribution in [1.29, 1.82) is 0 Å². The van der Waals surface area contributed by atoms with Gasteiger partial charge in [-0.1, -0.05) is 40.0 Å². The van der Waals surface area contributed by atoms with Gasteiger partial charge >= 0.3 is 0 Å². The molecule has 0 amide bonds. The fourth-order valence-corrected chi connectivity index (χ4v) is 4.01. The van der Waals surface area contributed by atoms with Gasteiger partial charge in [-0.05, 0) is 65.1 Å². The Morgan fingerprint density at radius 2 is 1.90 bits per heavy atom. The maximum atomic E-state index is 3.91. The molecule has 0 aromatic heterocycles. The highest BCUT2D eigenvalue weighted by atomic mass is 15.2. The Hall–Kier alpha value is -0.0800. The molecule has 1 saturated carbocycles. The van der Waals surface area contributed by atoms with Crippen LogP contribution in [0.4, 0.5) is 0 Å². The molecule has 0 bridgehead atoms. The van der Waals surface area contributed by atoms with Gasteiger partial charge in [0.25, 0.3) is 0 Å². The lowest BCUT2D eigenvalue weighted by Crippen LogP contribution is -2.60. The minimum atomic E-state index is 0.273. The molecule has 120 valence electrons. The van der Waals surface area contributed by atoms with Crippen LogP contribution < -0.4 is 5.32 Å². The number of rotatable bonds is 8. The third-order valence-electron chi connectivity index (χ3n) is 5.89. The zero-order chi connectivity index (χ0) is 15.2. The van der Waals surface area contributed by atoms with Gasteiger partial charge in [0.05, 0.1) is 0 Å². The van der Waals surface area contributed by atoms with Gasteiger partial charge in [-0.15, -0.1) is 0 Å². The van der Waals surface area contributed by atoms with Crippen LogP contribution in [0, 0.1) is 11.8 Å². The van der Waals surface area contributed by atoms with Crippen molar-refractivity contribution in [3.8, 4) is 0 Å². The van der Waals surface area contributed by atoms with Gasteiger partial charge in [-0.25, -0.2) is 0 Å². The Balaban J connectivity index is 2.86. The van der Waals surface area contributed by atoms with E-state index in [-0.39, 0.29) is 5.54 Å². The largest absolute Gasteiger partial charge is 0.312 e. The van der Waals surface area contributed by atoms with Crippen LogP contribution in [0.15, 0.2) is 0 Å². The average Bonchev–Trinajstić information content (AvgIpc) is 2.47. The molecule has 1 fully saturated rings. The van der Waals surface area contributed by atoms with Gasteiger partial charge in [0.2, 0.25) is 0 Å². The second-order valence-electron chi connectivity index (χ2n) is 7.24. The standard InChI is InChI=1S/C18H38N2/c1-7-13-19-17(18(4,9-3)20(5)6)16-12-10-11-15(8-2)14-16/h15-17,19H,7-14H2,1-6H3. The van der Waals surface area contributed by atoms with E-state index in [4.69, 9.17) is 0 Å². The summed E-state index contributed by atoms with van der Waals surface area (Å²) < 4.78 is 0. The summed E-state index contributed by atoms with van der Waals surface area (Å²) in [6, 6.07) is 0.636. The summed E-state index contributed by atoms with van der Waals surface area (Å²) in [5, 5.41) is 3.91. The fraction of sp³-hybridized carbons (Fsp3) is 1.00. The fourth-order valence-electron chi connectivity index (χ4n) is 4.01. The van der Waals surface area contributed by atoms with E-state index in [9.17, 15) is 0 Å². The molecule has 1 aliphatic carbocycles. The average molecular weight is 283 g/mol. The molecule has 0 heterocycles. The summed E-state index contributed by atoms with van der Waals surface area (Å²) in [4.78, 5) is 2.45. The normalized spacial score (nSPS) is 28.4. The first-order valence-corrected chi connectivity index (χ1v) is 8.90. The van der Waals surface area contributed by atoms with E-state index in [0.717, 1.165) is 18.4 Å². The van der Waals surface area contributed by atoms with E-state index >= 15 is 0 Å². The van der Waals surface area contributed by atoms with Crippen LogP contribution >= 0.6 is 0 Å². The van der Waals surface area contributed by atoms with E-state index in [0.29, 0.717) is 6.04 Å². The minimum Gasteiger partial charge on any atom is -0.312 e. The molecule has 1 N–H and O–H groups in total. The van der Waals surface area contributed by atoms with Crippen molar-refractivity contribution in [2.24, 2.45) is 11.8 Å². The molecular weight excluding hydrogens is 244 g/mol. The predicted octanol–water partition coefficient (Wildman–Crippen LogP) is 4.30. The van der Waals surface area contributed by atoms with Gasteiger partial charge in [-0.2, -0.15) is 0 Å². The smallest absolute Gasteiger partial charge is 0.0328 e. The van der Waals surface area contributed by atoms with Crippen molar-refractivity contribution >= 4 is 0 Å². The number of hydrogen-bond acceptors (Lipinski definition) is 2. The Morgan fingerprint density at radius 1 is 1.20 bits per heavy atom. The second kappa shape index (κ2) is 8.38. The first-order chi connectivity index (χ1) is 9.49. The third-order valence-corrected chi connectivity index (χ3v) is 5.89. The molecule has 4 unspecified atom stereocenters. The van der Waals surface area contributed by atoms with Crippen LogP contribution in [-0.2, 0) is 0 Å². The lowest BCUT2D eigenvalue weighted by atomic mass is 9.70. The summed E-state index contributed by atoms with van der Waals surface area (Å²) in [7, 11) is 4.51. The van der Waals surface area contributed by atoms with Crippen LogP contribution in [0.5, 0.6) is 0 Å². The summed E-state index contributed by atoms with van der Waals surface area (Å²) in [6.07, 6.45) is 9.55. The Morgan fingerprint density at radius 3 is 2.40 bits per heavy atom. The maximum absolute atomic E-state index is 3.91. The van der Waals surface area contributed by atoms with Crippen molar-refractivity contribution in [3.63, 3.8) is 0 Å². The summed E-state index contributed by atoms with van der Waals surface area (Å²) in [5.74, 6) is 1.82. The van der Waals surface area contributed by atoms with E-state index in [1.807, 2.05) is 0 Å². The highest BCUT2D eigenvalue weighted by Gasteiger charge is 2.40.